The van der Waals surface area contributed by atoms with Gasteiger partial charge in [-0.2, -0.15) is 0 Å². The Balaban J connectivity index is 1.55. The number of fused-ring (bicyclic) bond motifs is 4. The normalized spacial score (nSPS) is 30.8. The molecule has 6 rings (SSSR count). The maximum Gasteiger partial charge on any atom is 0.238 e. The molecule has 1 saturated heterocycles. The Morgan fingerprint density at radius 3 is 2.22 bits per heavy atom. The number of halogens is 1. The van der Waals surface area contributed by atoms with Gasteiger partial charge in [-0.3, -0.25) is 24.1 Å². The van der Waals surface area contributed by atoms with Gasteiger partial charge in [0.25, 0.3) is 0 Å². The molecule has 2 aromatic rings. The molecule has 212 valence electrons. The van der Waals surface area contributed by atoms with Crippen LogP contribution in [0.15, 0.2) is 59.7 Å². The molecule has 4 aliphatic rings. The number of benzene rings is 2. The van der Waals surface area contributed by atoms with Crippen molar-refractivity contribution < 1.29 is 33.8 Å². The highest BCUT2D eigenvalue weighted by atomic mass is 35.5. The van der Waals surface area contributed by atoms with Crippen molar-refractivity contribution in [3.05, 3.63) is 70.3 Å². The second-order valence-corrected chi connectivity index (χ2v) is 11.9. The molecular weight excluding hydrogens is 546 g/mol. The fourth-order valence-electron chi connectivity index (χ4n) is 7.76. The minimum absolute atomic E-state index is 0.0773. The second kappa shape index (κ2) is 9.58. The fraction of sp³-hybridized carbons (Fsp3) is 0.375. The zero-order chi connectivity index (χ0) is 29.4. The van der Waals surface area contributed by atoms with Gasteiger partial charge in [-0.25, -0.2) is 0 Å². The Labute approximate surface area is 242 Å². The highest BCUT2D eigenvalue weighted by Gasteiger charge is 2.64. The van der Waals surface area contributed by atoms with Gasteiger partial charge in [0.05, 0.1) is 37.2 Å². The molecule has 41 heavy (non-hydrogen) atoms. The zero-order valence-electron chi connectivity index (χ0n) is 23.1. The Morgan fingerprint density at radius 1 is 0.976 bits per heavy atom. The van der Waals surface area contributed by atoms with Crippen LogP contribution in [0.3, 0.4) is 0 Å². The van der Waals surface area contributed by atoms with Crippen LogP contribution >= 0.6 is 11.6 Å². The number of carbonyl (C=O) groups excluding carboxylic acids is 4. The molecule has 3 aliphatic carbocycles. The SMILES string of the molecule is COc1cc(O)cc(OC)c1[C@H]1C2=CC[C@@H]3C(=O)N(c4ccc(Cl)cc4)C(=O)[C@@H]3[C@@H]2C[C@H]2C(=O)C=C(C)C(=O)[C@@]12C. The predicted molar refractivity (Wildman–Crippen MR) is 151 cm³/mol. The number of allylic oxidation sites excluding steroid dienone is 4. The lowest BCUT2D eigenvalue weighted by atomic mass is 9.47. The standard InChI is InChI=1S/C32H30ClNO7/c1-15-11-23(36)22-14-21-19(9-10-20-26(21)31(39)34(30(20)38)17-7-5-16(33)6-8-17)28(32(22,2)29(15)37)27-24(40-3)12-18(35)13-25(27)41-4/h5-9,11-13,20-22,26,28,35H,10,14H2,1-4H3/t20-,21+,22-,26-,28+,32+/m0/s1. The number of ketones is 2. The van der Waals surface area contributed by atoms with Crippen LogP contribution < -0.4 is 14.4 Å². The van der Waals surface area contributed by atoms with Gasteiger partial charge in [0.15, 0.2) is 11.6 Å². The Morgan fingerprint density at radius 2 is 1.61 bits per heavy atom. The Bertz CT molecular complexity index is 1550. The summed E-state index contributed by atoms with van der Waals surface area (Å²) >= 11 is 6.05. The first-order chi connectivity index (χ1) is 19.5. The fourth-order valence-corrected chi connectivity index (χ4v) is 7.88. The van der Waals surface area contributed by atoms with E-state index in [2.05, 4.69) is 0 Å². The van der Waals surface area contributed by atoms with Gasteiger partial charge >= 0.3 is 0 Å². The van der Waals surface area contributed by atoms with Gasteiger partial charge in [0.2, 0.25) is 11.8 Å². The number of hydrogen-bond donors (Lipinski definition) is 1. The molecule has 2 aromatic carbocycles. The molecule has 1 saturated carbocycles. The Kier molecular flexibility index (Phi) is 6.37. The quantitative estimate of drug-likeness (QED) is 0.402. The molecule has 1 heterocycles. The summed E-state index contributed by atoms with van der Waals surface area (Å²) in [4.78, 5) is 56.6. The molecule has 2 fully saturated rings. The van der Waals surface area contributed by atoms with Gasteiger partial charge < -0.3 is 14.6 Å². The third-order valence-corrected chi connectivity index (χ3v) is 9.80. The van der Waals surface area contributed by atoms with E-state index in [0.29, 0.717) is 39.8 Å². The molecule has 9 heteroatoms. The first kappa shape index (κ1) is 27.3. The average Bonchev–Trinajstić information content (AvgIpc) is 3.21. The number of Topliss-reactive ketones (excluding diaryl/α,β-unsaturated/α-hetero) is 1. The van der Waals surface area contributed by atoms with Gasteiger partial charge in [-0.1, -0.05) is 30.2 Å². The molecule has 0 radical (unpaired) electrons. The molecule has 0 bridgehead atoms. The summed E-state index contributed by atoms with van der Waals surface area (Å²) in [6.07, 6.45) is 3.92. The van der Waals surface area contributed by atoms with Crippen molar-refractivity contribution in [3.8, 4) is 17.2 Å². The predicted octanol–water partition coefficient (Wildman–Crippen LogP) is 5.02. The molecule has 2 amide bonds. The highest BCUT2D eigenvalue weighted by Crippen LogP contribution is 2.64. The number of rotatable bonds is 4. The molecule has 1 aliphatic heterocycles. The lowest BCUT2D eigenvalue weighted by Crippen LogP contribution is -2.54. The van der Waals surface area contributed by atoms with E-state index in [0.717, 1.165) is 5.57 Å². The van der Waals surface area contributed by atoms with Crippen LogP contribution in [-0.4, -0.2) is 42.7 Å². The summed E-state index contributed by atoms with van der Waals surface area (Å²) < 4.78 is 11.4. The average molecular weight is 576 g/mol. The van der Waals surface area contributed by atoms with Gasteiger partial charge in [0, 0.05) is 34.6 Å². The van der Waals surface area contributed by atoms with E-state index in [9.17, 15) is 24.3 Å². The molecule has 8 nitrogen and oxygen atoms in total. The summed E-state index contributed by atoms with van der Waals surface area (Å²) in [6.45, 7) is 3.44. The number of carbonyl (C=O) groups is 4. The van der Waals surface area contributed by atoms with Crippen molar-refractivity contribution in [1.29, 1.82) is 0 Å². The van der Waals surface area contributed by atoms with Crippen molar-refractivity contribution in [2.75, 3.05) is 19.1 Å². The first-order valence-corrected chi connectivity index (χ1v) is 14.0. The molecule has 0 unspecified atom stereocenters. The van der Waals surface area contributed by atoms with Crippen molar-refractivity contribution in [1.82, 2.24) is 0 Å². The largest absolute Gasteiger partial charge is 0.508 e. The van der Waals surface area contributed by atoms with Gasteiger partial charge in [-0.05, 0) is 61.6 Å². The molecule has 6 atom stereocenters. The third kappa shape index (κ3) is 3.80. The van der Waals surface area contributed by atoms with E-state index in [1.807, 2.05) is 6.08 Å². The van der Waals surface area contributed by atoms with Crippen molar-refractivity contribution in [3.63, 3.8) is 0 Å². The maximum absolute atomic E-state index is 14.1. The van der Waals surface area contributed by atoms with Gasteiger partial charge in [-0.15, -0.1) is 0 Å². The summed E-state index contributed by atoms with van der Waals surface area (Å²) in [5.74, 6) is -3.63. The molecular formula is C32H30ClNO7. The molecule has 0 aromatic heterocycles. The van der Waals surface area contributed by atoms with E-state index in [-0.39, 0.29) is 35.6 Å². The van der Waals surface area contributed by atoms with Crippen LogP contribution in [0, 0.1) is 29.1 Å². The lowest BCUT2D eigenvalue weighted by Gasteiger charge is -2.54. The minimum atomic E-state index is -1.20. The zero-order valence-corrected chi connectivity index (χ0v) is 23.9. The van der Waals surface area contributed by atoms with E-state index in [1.165, 1.54) is 37.3 Å². The van der Waals surface area contributed by atoms with E-state index in [4.69, 9.17) is 21.1 Å². The maximum atomic E-state index is 14.1. The number of amides is 2. The van der Waals surface area contributed by atoms with E-state index >= 15 is 0 Å². The van der Waals surface area contributed by atoms with Crippen molar-refractivity contribution in [2.45, 2.75) is 32.6 Å². The smallest absolute Gasteiger partial charge is 0.238 e. The summed E-state index contributed by atoms with van der Waals surface area (Å²) in [5, 5.41) is 10.9. The number of phenols is 1. The summed E-state index contributed by atoms with van der Waals surface area (Å²) in [7, 11) is 2.93. The molecule has 0 spiro atoms. The molecule has 1 N–H and O–H groups in total. The van der Waals surface area contributed by atoms with Crippen molar-refractivity contribution in [2.24, 2.45) is 29.1 Å². The second-order valence-electron chi connectivity index (χ2n) is 11.5. The monoisotopic (exact) mass is 575 g/mol. The number of aromatic hydroxyl groups is 1. The number of nitrogens with zero attached hydrogens (tertiary/aromatic N) is 1. The number of anilines is 1. The number of ether oxygens (including phenoxy) is 2. The van der Waals surface area contributed by atoms with Crippen LogP contribution in [0.1, 0.15) is 38.2 Å². The summed E-state index contributed by atoms with van der Waals surface area (Å²) in [6, 6.07) is 9.47. The topological polar surface area (TPSA) is 110 Å². The van der Waals surface area contributed by atoms with Crippen LogP contribution in [-0.2, 0) is 19.2 Å². The Hall–Kier alpha value is -3.91. The third-order valence-electron chi connectivity index (χ3n) is 9.54. The lowest BCUT2D eigenvalue weighted by molar-refractivity contribution is -0.141. The summed E-state index contributed by atoms with van der Waals surface area (Å²) in [5.41, 5.74) is 0.940. The van der Waals surface area contributed by atoms with Crippen LogP contribution in [0.25, 0.3) is 0 Å². The van der Waals surface area contributed by atoms with E-state index in [1.54, 1.807) is 38.1 Å². The van der Waals surface area contributed by atoms with Crippen LogP contribution in [0.2, 0.25) is 5.02 Å². The van der Waals surface area contributed by atoms with Crippen molar-refractivity contribution >= 4 is 40.7 Å². The van der Waals surface area contributed by atoms with Crippen LogP contribution in [0.4, 0.5) is 5.69 Å². The number of hydrogen-bond acceptors (Lipinski definition) is 7. The first-order valence-electron chi connectivity index (χ1n) is 13.6. The number of methoxy groups -OCH3 is 2. The highest BCUT2D eigenvalue weighted by molar-refractivity contribution is 6.31. The number of phenolic OH excluding ortho intramolecular Hbond substituents is 1. The van der Waals surface area contributed by atoms with E-state index < -0.39 is 35.0 Å². The minimum Gasteiger partial charge on any atom is -0.508 e. The number of imide groups is 1. The van der Waals surface area contributed by atoms with Crippen LogP contribution in [0.5, 0.6) is 17.2 Å². The van der Waals surface area contributed by atoms with Gasteiger partial charge in [0.1, 0.15) is 17.2 Å².